The molecule has 6 heteroatoms. The number of hydrogen-bond donors (Lipinski definition) is 3. The third kappa shape index (κ3) is 4.30. The Balaban J connectivity index is 2.39. The monoisotopic (exact) mass is 366 g/mol. The van der Waals surface area contributed by atoms with Gasteiger partial charge in [-0.1, -0.05) is 43.6 Å². The fraction of sp³-hybridized carbons (Fsp3) is 0.316. The number of rotatable bonds is 6. The number of phenols is 1. The second-order valence-electron chi connectivity index (χ2n) is 6.83. The van der Waals surface area contributed by atoms with E-state index in [-0.39, 0.29) is 24.2 Å². The molecule has 0 aliphatic carbocycles. The first-order valence-corrected chi connectivity index (χ1v) is 8.11. The minimum absolute atomic E-state index is 0.156. The molecule has 0 amide bonds. The normalized spacial score (nSPS) is 14.1. The van der Waals surface area contributed by atoms with Gasteiger partial charge in [-0.25, -0.2) is 9.18 Å². The summed E-state index contributed by atoms with van der Waals surface area (Å²) in [4.78, 5) is 11.8. The Hall–Kier alpha value is -2.11. The number of aromatic hydroxyl groups is 1. The Morgan fingerprint density at radius 3 is 2.44 bits per heavy atom. The van der Waals surface area contributed by atoms with Gasteiger partial charge in [0.25, 0.3) is 0 Å². The maximum Gasteiger partial charge on any atom is 0.336 e. The first-order chi connectivity index (χ1) is 11.5. The lowest BCUT2D eigenvalue weighted by Gasteiger charge is -2.34. The Labute approximate surface area is 150 Å². The fourth-order valence-electron chi connectivity index (χ4n) is 3.05. The lowest BCUT2D eigenvalue weighted by atomic mass is 9.73. The van der Waals surface area contributed by atoms with Gasteiger partial charge in [-0.2, -0.15) is 0 Å². The maximum atomic E-state index is 13.6. The molecule has 0 fully saturated rings. The van der Waals surface area contributed by atoms with Crippen LogP contribution in [0.2, 0.25) is 5.02 Å². The first-order valence-electron chi connectivity index (χ1n) is 7.73. The van der Waals surface area contributed by atoms with E-state index in [4.69, 9.17) is 11.6 Å². The van der Waals surface area contributed by atoms with Crippen LogP contribution in [0.5, 0.6) is 5.75 Å². The largest absolute Gasteiger partial charge is 0.508 e. The molecule has 3 N–H and O–H groups in total. The molecule has 25 heavy (non-hydrogen) atoms. The van der Waals surface area contributed by atoms with Crippen molar-refractivity contribution in [2.45, 2.75) is 37.7 Å². The second kappa shape index (κ2) is 7.02. The summed E-state index contributed by atoms with van der Waals surface area (Å²) in [5, 5.41) is 30.8. The van der Waals surface area contributed by atoms with Crippen LogP contribution in [-0.2, 0) is 16.6 Å². The van der Waals surface area contributed by atoms with Crippen molar-refractivity contribution in [1.29, 1.82) is 0 Å². The highest BCUT2D eigenvalue weighted by Crippen LogP contribution is 2.39. The molecule has 0 aromatic heterocycles. The lowest BCUT2D eigenvalue weighted by molar-refractivity contribution is -0.160. The predicted molar refractivity (Wildman–Crippen MR) is 93.4 cm³/mol. The number of carboxylic acid groups (broad SMARTS) is 1. The van der Waals surface area contributed by atoms with Gasteiger partial charge in [0.2, 0.25) is 0 Å². The molecule has 1 unspecified atom stereocenters. The van der Waals surface area contributed by atoms with Gasteiger partial charge in [0.15, 0.2) is 5.60 Å². The molecule has 0 heterocycles. The average Bonchev–Trinajstić information content (AvgIpc) is 2.51. The van der Waals surface area contributed by atoms with Gasteiger partial charge >= 0.3 is 5.97 Å². The Kier molecular flexibility index (Phi) is 5.40. The zero-order chi connectivity index (χ0) is 18.8. The third-order valence-electron chi connectivity index (χ3n) is 4.26. The molecule has 0 spiro atoms. The van der Waals surface area contributed by atoms with E-state index < -0.39 is 22.8 Å². The van der Waals surface area contributed by atoms with Gasteiger partial charge in [0.05, 0.1) is 0 Å². The van der Waals surface area contributed by atoms with E-state index in [9.17, 15) is 24.5 Å². The highest BCUT2D eigenvalue weighted by Gasteiger charge is 2.43. The quantitative estimate of drug-likeness (QED) is 0.724. The number of phenolic OH excluding ortho intramolecular Hbond substituents is 1. The van der Waals surface area contributed by atoms with Crippen molar-refractivity contribution in [2.75, 3.05) is 0 Å². The molecule has 1 atom stereocenters. The van der Waals surface area contributed by atoms with Crippen LogP contribution < -0.4 is 0 Å². The number of carbonyl (C=O) groups is 1. The Morgan fingerprint density at radius 2 is 1.84 bits per heavy atom. The Bertz CT molecular complexity index is 791. The van der Waals surface area contributed by atoms with Gasteiger partial charge in [-0.15, -0.1) is 0 Å². The molecule has 0 aliphatic heterocycles. The van der Waals surface area contributed by atoms with E-state index in [1.807, 2.05) is 0 Å². The molecule has 0 bridgehead atoms. The van der Waals surface area contributed by atoms with Crippen LogP contribution in [0.1, 0.15) is 31.4 Å². The molecule has 2 aromatic rings. The van der Waals surface area contributed by atoms with Crippen LogP contribution in [-0.4, -0.2) is 26.9 Å². The summed E-state index contributed by atoms with van der Waals surface area (Å²) in [7, 11) is 0. The molecule has 2 rings (SSSR count). The predicted octanol–water partition coefficient (Wildman–Crippen LogP) is 3.91. The fourth-order valence-corrected chi connectivity index (χ4v) is 3.25. The van der Waals surface area contributed by atoms with Gasteiger partial charge in [0, 0.05) is 17.0 Å². The van der Waals surface area contributed by atoms with E-state index in [1.54, 1.807) is 38.1 Å². The van der Waals surface area contributed by atoms with Crippen molar-refractivity contribution in [2.24, 2.45) is 0 Å². The zero-order valence-corrected chi connectivity index (χ0v) is 14.7. The minimum Gasteiger partial charge on any atom is -0.508 e. The number of halogens is 2. The lowest BCUT2D eigenvalue weighted by Crippen LogP contribution is -2.45. The molecule has 0 aliphatic rings. The molecule has 2 aromatic carbocycles. The molecule has 4 nitrogen and oxygen atoms in total. The van der Waals surface area contributed by atoms with Crippen molar-refractivity contribution in [3.8, 4) is 5.75 Å². The van der Waals surface area contributed by atoms with Crippen molar-refractivity contribution in [3.63, 3.8) is 0 Å². The summed E-state index contributed by atoms with van der Waals surface area (Å²) >= 11 is 6.08. The summed E-state index contributed by atoms with van der Waals surface area (Å²) in [6.45, 7) is 3.28. The molecule has 0 saturated carbocycles. The van der Waals surface area contributed by atoms with Crippen LogP contribution in [0, 0.1) is 5.82 Å². The maximum absolute atomic E-state index is 13.6. The van der Waals surface area contributed by atoms with Crippen LogP contribution in [0.3, 0.4) is 0 Å². The molecule has 0 saturated heterocycles. The molecular formula is C19H20ClFO4. The summed E-state index contributed by atoms with van der Waals surface area (Å²) in [5.74, 6) is -2.11. The third-order valence-corrected chi connectivity index (χ3v) is 4.63. The van der Waals surface area contributed by atoms with Gasteiger partial charge in [0.1, 0.15) is 11.6 Å². The number of hydrogen-bond acceptors (Lipinski definition) is 3. The van der Waals surface area contributed by atoms with Crippen LogP contribution in [0.15, 0.2) is 42.5 Å². The summed E-state index contributed by atoms with van der Waals surface area (Å²) in [6.07, 6.45) is -0.445. The summed E-state index contributed by atoms with van der Waals surface area (Å²) in [6, 6.07) is 10.1. The van der Waals surface area contributed by atoms with Crippen molar-refractivity contribution < 1.29 is 24.5 Å². The topological polar surface area (TPSA) is 77.8 Å². The van der Waals surface area contributed by atoms with Gasteiger partial charge in [-0.3, -0.25) is 0 Å². The van der Waals surface area contributed by atoms with Crippen LogP contribution >= 0.6 is 11.6 Å². The van der Waals surface area contributed by atoms with Crippen molar-refractivity contribution >= 4 is 17.6 Å². The van der Waals surface area contributed by atoms with E-state index in [2.05, 4.69) is 0 Å². The van der Waals surface area contributed by atoms with E-state index in [0.29, 0.717) is 10.6 Å². The van der Waals surface area contributed by atoms with E-state index in [1.165, 1.54) is 6.07 Å². The van der Waals surface area contributed by atoms with E-state index >= 15 is 0 Å². The average molecular weight is 367 g/mol. The highest BCUT2D eigenvalue weighted by molar-refractivity contribution is 6.31. The second-order valence-corrected chi connectivity index (χ2v) is 7.23. The van der Waals surface area contributed by atoms with Crippen molar-refractivity contribution in [3.05, 3.63) is 64.4 Å². The number of aliphatic carboxylic acids is 1. The minimum atomic E-state index is -2.13. The van der Waals surface area contributed by atoms with Crippen LogP contribution in [0.4, 0.5) is 4.39 Å². The van der Waals surface area contributed by atoms with Crippen LogP contribution in [0.25, 0.3) is 0 Å². The summed E-state index contributed by atoms with van der Waals surface area (Å²) < 4.78 is 13.6. The SMILES string of the molecule is CC(C)(CC(O)(Cc1ccccc1Cl)C(=O)O)c1cc(F)ccc1O. The van der Waals surface area contributed by atoms with E-state index in [0.717, 1.165) is 12.1 Å². The first kappa shape index (κ1) is 19.2. The highest BCUT2D eigenvalue weighted by atomic mass is 35.5. The summed E-state index contributed by atoms with van der Waals surface area (Å²) in [5.41, 5.74) is -2.41. The molecule has 0 radical (unpaired) electrons. The zero-order valence-electron chi connectivity index (χ0n) is 14.0. The number of carboxylic acids is 1. The standard InChI is InChI=1S/C19H20ClFO4/c1-18(2,14-9-13(21)7-8-16(14)22)11-19(25,17(23)24)10-12-5-3-4-6-15(12)20/h3-9,22,25H,10-11H2,1-2H3,(H,23,24). The van der Waals surface area contributed by atoms with Crippen molar-refractivity contribution in [1.82, 2.24) is 0 Å². The Morgan fingerprint density at radius 1 is 1.20 bits per heavy atom. The van der Waals surface area contributed by atoms with Gasteiger partial charge in [-0.05, 0) is 41.7 Å². The smallest absolute Gasteiger partial charge is 0.336 e. The van der Waals surface area contributed by atoms with Gasteiger partial charge < -0.3 is 15.3 Å². The number of aliphatic hydroxyl groups is 1. The molecule has 134 valence electrons. The number of benzene rings is 2. The molecular weight excluding hydrogens is 347 g/mol.